The molecule has 2 bridgehead atoms. The van der Waals surface area contributed by atoms with Gasteiger partial charge in [-0.05, 0) is 54.9 Å². The van der Waals surface area contributed by atoms with Crippen LogP contribution in [-0.4, -0.2) is 37.2 Å². The molecule has 0 amide bonds. The summed E-state index contributed by atoms with van der Waals surface area (Å²) in [6, 6.07) is 25.0. The normalized spacial score (nSPS) is 26.4. The van der Waals surface area contributed by atoms with Crippen molar-refractivity contribution >= 4 is 11.3 Å². The zero-order valence-corrected chi connectivity index (χ0v) is 18.4. The second-order valence-corrected chi connectivity index (χ2v) is 9.47. The Kier molecular flexibility index (Phi) is 5.89. The Bertz CT molecular complexity index is 935. The molecule has 30 heavy (non-hydrogen) atoms. The minimum absolute atomic E-state index is 0.407. The van der Waals surface area contributed by atoms with Gasteiger partial charge in [-0.3, -0.25) is 4.90 Å². The van der Waals surface area contributed by atoms with Gasteiger partial charge in [0.2, 0.25) is 0 Å². The van der Waals surface area contributed by atoms with Crippen molar-refractivity contribution in [3.05, 3.63) is 88.1 Å². The molecule has 4 heterocycles. The molecule has 1 N–H and O–H groups in total. The van der Waals surface area contributed by atoms with Crippen molar-refractivity contribution in [3.63, 3.8) is 0 Å². The molecule has 0 spiro atoms. The summed E-state index contributed by atoms with van der Waals surface area (Å²) >= 11 is 1.90. The summed E-state index contributed by atoms with van der Waals surface area (Å²) in [5, 5.41) is 6.21. The molecule has 1 aromatic heterocycles. The highest BCUT2D eigenvalue weighted by Gasteiger charge is 2.46. The zero-order chi connectivity index (χ0) is 20.3. The molecule has 3 aliphatic rings. The highest BCUT2D eigenvalue weighted by Crippen LogP contribution is 2.43. The number of rotatable bonds is 7. The number of hydrogen-bond acceptors (Lipinski definition) is 4. The first-order valence-corrected chi connectivity index (χ1v) is 11.9. The van der Waals surface area contributed by atoms with Gasteiger partial charge in [0.25, 0.3) is 0 Å². The Hall–Kier alpha value is -2.14. The Labute approximate surface area is 183 Å². The third-order valence-electron chi connectivity index (χ3n) is 6.94. The van der Waals surface area contributed by atoms with E-state index in [0.29, 0.717) is 18.0 Å². The number of piperidine rings is 3. The van der Waals surface area contributed by atoms with Gasteiger partial charge in [-0.15, -0.1) is 11.3 Å². The number of methoxy groups -OCH3 is 1. The van der Waals surface area contributed by atoms with E-state index in [4.69, 9.17) is 4.74 Å². The van der Waals surface area contributed by atoms with Crippen LogP contribution in [0.1, 0.15) is 34.8 Å². The van der Waals surface area contributed by atoms with Crippen molar-refractivity contribution < 1.29 is 4.74 Å². The quantitative estimate of drug-likeness (QED) is 0.575. The topological polar surface area (TPSA) is 24.5 Å². The van der Waals surface area contributed by atoms with Crippen LogP contribution < -0.4 is 10.1 Å². The van der Waals surface area contributed by atoms with Crippen molar-refractivity contribution in [2.75, 3.05) is 20.2 Å². The smallest absolute Gasteiger partial charge is 0.123 e. The van der Waals surface area contributed by atoms with E-state index in [1.54, 1.807) is 7.11 Å². The van der Waals surface area contributed by atoms with Gasteiger partial charge in [-0.1, -0.05) is 54.6 Å². The number of hydrogen-bond donors (Lipinski definition) is 1. The maximum absolute atomic E-state index is 5.60. The third-order valence-corrected chi connectivity index (χ3v) is 7.90. The van der Waals surface area contributed by atoms with Gasteiger partial charge in [-0.25, -0.2) is 0 Å². The van der Waals surface area contributed by atoms with Gasteiger partial charge in [-0.2, -0.15) is 0 Å². The van der Waals surface area contributed by atoms with E-state index in [-0.39, 0.29) is 0 Å². The average Bonchev–Trinajstić information content (AvgIpc) is 3.34. The molecule has 3 fully saturated rings. The van der Waals surface area contributed by atoms with E-state index >= 15 is 0 Å². The predicted molar refractivity (Wildman–Crippen MR) is 124 cm³/mol. The Morgan fingerprint density at radius 3 is 2.50 bits per heavy atom. The van der Waals surface area contributed by atoms with Crippen molar-refractivity contribution in [1.82, 2.24) is 10.2 Å². The van der Waals surface area contributed by atoms with E-state index in [1.165, 1.54) is 41.9 Å². The Balaban J connectivity index is 1.47. The molecule has 3 saturated heterocycles. The van der Waals surface area contributed by atoms with Crippen LogP contribution >= 0.6 is 11.3 Å². The first kappa shape index (κ1) is 19.8. The number of fused-ring (bicyclic) bond motifs is 3. The molecule has 3 aromatic rings. The van der Waals surface area contributed by atoms with E-state index in [9.17, 15) is 0 Å². The molecule has 4 heteroatoms. The van der Waals surface area contributed by atoms with Crippen molar-refractivity contribution in [3.8, 4) is 5.75 Å². The van der Waals surface area contributed by atoms with Gasteiger partial charge in [0.05, 0.1) is 7.11 Å². The van der Waals surface area contributed by atoms with Crippen LogP contribution in [0.2, 0.25) is 0 Å². The maximum atomic E-state index is 5.60. The molecule has 1 unspecified atom stereocenters. The molecule has 3 nitrogen and oxygen atoms in total. The van der Waals surface area contributed by atoms with Gasteiger partial charge in [0.1, 0.15) is 5.75 Å². The third kappa shape index (κ3) is 3.80. The number of ether oxygens (including phenoxy) is 1. The first-order chi connectivity index (χ1) is 14.8. The lowest BCUT2D eigenvalue weighted by Crippen LogP contribution is -2.64. The Morgan fingerprint density at radius 2 is 1.77 bits per heavy atom. The van der Waals surface area contributed by atoms with Gasteiger partial charge < -0.3 is 10.1 Å². The van der Waals surface area contributed by atoms with Gasteiger partial charge >= 0.3 is 0 Å². The van der Waals surface area contributed by atoms with Crippen LogP contribution in [0.25, 0.3) is 0 Å². The summed E-state index contributed by atoms with van der Waals surface area (Å²) in [5.74, 6) is 2.12. The monoisotopic (exact) mass is 418 g/mol. The lowest BCUT2D eigenvalue weighted by atomic mass is 9.72. The SMILES string of the molecule is COc1ccccc1CN[C@@H]1C2CCN(CC2)[C@H]1C(c1ccccc1)c1cccs1. The number of nitrogens with zero attached hydrogens (tertiary/aromatic N) is 1. The van der Waals surface area contributed by atoms with E-state index in [2.05, 4.69) is 76.3 Å². The first-order valence-electron chi connectivity index (χ1n) is 11.0. The molecule has 156 valence electrons. The number of benzene rings is 2. The fourth-order valence-corrected chi connectivity index (χ4v) is 6.42. The largest absolute Gasteiger partial charge is 0.496 e. The molecule has 2 aromatic carbocycles. The minimum Gasteiger partial charge on any atom is -0.496 e. The second kappa shape index (κ2) is 8.93. The van der Waals surface area contributed by atoms with Gasteiger partial charge in [0, 0.05) is 35.0 Å². The summed E-state index contributed by atoms with van der Waals surface area (Å²) in [4.78, 5) is 4.22. The van der Waals surface area contributed by atoms with Crippen LogP contribution in [0.4, 0.5) is 0 Å². The average molecular weight is 419 g/mol. The highest BCUT2D eigenvalue weighted by molar-refractivity contribution is 7.10. The number of nitrogens with one attached hydrogen (secondary N) is 1. The van der Waals surface area contributed by atoms with E-state index < -0.39 is 0 Å². The van der Waals surface area contributed by atoms with E-state index in [0.717, 1.165) is 18.2 Å². The second-order valence-electron chi connectivity index (χ2n) is 8.49. The standard InChI is InChI=1S/C26H30N2OS/c1-29-22-11-6-5-10-21(22)18-27-25-20-13-15-28(16-14-20)26(25)24(23-12-7-17-30-23)19-8-3-2-4-9-19/h2-12,17,20,24-27H,13-16,18H2,1H3/t24?,25-,26+/m1/s1. The van der Waals surface area contributed by atoms with Crippen LogP contribution in [0.3, 0.4) is 0 Å². The molecular weight excluding hydrogens is 388 g/mol. The predicted octanol–water partition coefficient (Wildman–Crippen LogP) is 5.14. The fraction of sp³-hybridized carbons (Fsp3) is 0.385. The molecule has 3 atom stereocenters. The molecular formula is C26H30N2OS. The lowest BCUT2D eigenvalue weighted by Gasteiger charge is -2.54. The van der Waals surface area contributed by atoms with Gasteiger partial charge in [0.15, 0.2) is 0 Å². The van der Waals surface area contributed by atoms with Crippen LogP contribution in [0, 0.1) is 5.92 Å². The van der Waals surface area contributed by atoms with Crippen LogP contribution in [0.5, 0.6) is 5.75 Å². The van der Waals surface area contributed by atoms with Crippen molar-refractivity contribution in [2.24, 2.45) is 5.92 Å². The minimum atomic E-state index is 0.407. The van der Waals surface area contributed by atoms with Crippen LogP contribution in [0.15, 0.2) is 72.1 Å². The summed E-state index contributed by atoms with van der Waals surface area (Å²) in [6.45, 7) is 3.29. The van der Waals surface area contributed by atoms with Crippen molar-refractivity contribution in [2.45, 2.75) is 37.4 Å². The fourth-order valence-electron chi connectivity index (χ4n) is 5.52. The molecule has 0 saturated carbocycles. The highest BCUT2D eigenvalue weighted by atomic mass is 32.1. The van der Waals surface area contributed by atoms with E-state index in [1.807, 2.05) is 17.4 Å². The molecule has 6 rings (SSSR count). The number of thiophene rings is 1. The maximum Gasteiger partial charge on any atom is 0.123 e. The summed E-state index contributed by atoms with van der Waals surface area (Å²) in [6.07, 6.45) is 2.60. The molecule has 3 aliphatic heterocycles. The lowest BCUT2D eigenvalue weighted by molar-refractivity contribution is 0.00507. The van der Waals surface area contributed by atoms with Crippen molar-refractivity contribution in [1.29, 1.82) is 0 Å². The van der Waals surface area contributed by atoms with Crippen LogP contribution in [-0.2, 0) is 6.54 Å². The molecule has 0 aliphatic carbocycles. The summed E-state index contributed by atoms with van der Waals surface area (Å²) < 4.78 is 5.60. The zero-order valence-electron chi connectivity index (χ0n) is 17.5. The Morgan fingerprint density at radius 1 is 1.00 bits per heavy atom. The summed E-state index contributed by atoms with van der Waals surface area (Å²) in [7, 11) is 1.76. The number of para-hydroxylation sites is 1. The molecule has 0 radical (unpaired) electrons. The summed E-state index contributed by atoms with van der Waals surface area (Å²) in [5.41, 5.74) is 2.67.